The van der Waals surface area contributed by atoms with Gasteiger partial charge in [0.05, 0.1) is 25.3 Å². The Hall–Kier alpha value is -3.92. The molecule has 0 saturated heterocycles. The molecule has 148 valence electrons. The van der Waals surface area contributed by atoms with E-state index in [9.17, 15) is 9.59 Å². The molecule has 0 fully saturated rings. The number of carbonyl (C=O) groups is 2. The van der Waals surface area contributed by atoms with Gasteiger partial charge in [0.25, 0.3) is 0 Å². The van der Waals surface area contributed by atoms with E-state index < -0.39 is 0 Å². The number of rotatable bonds is 4. The smallest absolute Gasteiger partial charge is 0.337 e. The van der Waals surface area contributed by atoms with Crippen molar-refractivity contribution in [3.05, 3.63) is 95.1 Å². The average Bonchev–Trinajstić information content (AvgIpc) is 2.81. The second-order valence-electron chi connectivity index (χ2n) is 6.89. The highest BCUT2D eigenvalue weighted by Crippen LogP contribution is 2.31. The summed E-state index contributed by atoms with van der Waals surface area (Å²) in [5.41, 5.74) is 3.10. The first kappa shape index (κ1) is 19.4. The molecule has 0 heterocycles. The summed E-state index contributed by atoms with van der Waals surface area (Å²) in [5, 5.41) is 4.21. The second kappa shape index (κ2) is 8.21. The van der Waals surface area contributed by atoms with Gasteiger partial charge in [-0.3, -0.25) is 0 Å². The van der Waals surface area contributed by atoms with E-state index in [0.29, 0.717) is 11.1 Å². The Balaban J connectivity index is 1.78. The van der Waals surface area contributed by atoms with Crippen molar-refractivity contribution in [3.63, 3.8) is 0 Å². The molecule has 0 saturated carbocycles. The number of benzene rings is 4. The Morgan fingerprint density at radius 3 is 2.00 bits per heavy atom. The molecule has 4 aromatic carbocycles. The van der Waals surface area contributed by atoms with Crippen molar-refractivity contribution >= 4 is 45.6 Å². The molecule has 0 radical (unpaired) electrons. The van der Waals surface area contributed by atoms with Crippen molar-refractivity contribution in [2.75, 3.05) is 14.2 Å². The fraction of sp³-hybridized carbons (Fsp3) is 0.0769. The topological polar surface area (TPSA) is 52.6 Å². The number of ether oxygens (including phenoxy) is 2. The zero-order valence-corrected chi connectivity index (χ0v) is 16.7. The fourth-order valence-corrected chi connectivity index (χ4v) is 3.55. The van der Waals surface area contributed by atoms with Gasteiger partial charge < -0.3 is 9.47 Å². The third-order valence-corrected chi connectivity index (χ3v) is 5.10. The molecule has 0 aromatic heterocycles. The van der Waals surface area contributed by atoms with E-state index in [-0.39, 0.29) is 11.9 Å². The Morgan fingerprint density at radius 2 is 1.30 bits per heavy atom. The quantitative estimate of drug-likeness (QED) is 0.251. The Kier molecular flexibility index (Phi) is 5.31. The molecule has 4 rings (SSSR count). The first-order valence-electron chi connectivity index (χ1n) is 9.51. The normalized spacial score (nSPS) is 11.1. The van der Waals surface area contributed by atoms with Crippen LogP contribution in [0.4, 0.5) is 0 Å². The van der Waals surface area contributed by atoms with Crippen molar-refractivity contribution in [2.24, 2.45) is 0 Å². The number of fused-ring (bicyclic) bond motifs is 3. The molecule has 4 nitrogen and oxygen atoms in total. The maximum Gasteiger partial charge on any atom is 0.337 e. The maximum atomic E-state index is 11.9. The number of esters is 2. The third kappa shape index (κ3) is 3.67. The average molecular weight is 396 g/mol. The molecule has 4 aromatic rings. The molecule has 0 aliphatic carbocycles. The van der Waals surface area contributed by atoms with Gasteiger partial charge in [0, 0.05) is 0 Å². The van der Waals surface area contributed by atoms with Crippen LogP contribution in [-0.4, -0.2) is 26.2 Å². The lowest BCUT2D eigenvalue weighted by Crippen LogP contribution is -2.00. The summed E-state index contributed by atoms with van der Waals surface area (Å²) in [6.07, 6.45) is 4.07. The first-order chi connectivity index (χ1) is 14.6. The molecule has 0 N–H and O–H groups in total. The summed E-state index contributed by atoms with van der Waals surface area (Å²) in [4.78, 5) is 23.5. The van der Waals surface area contributed by atoms with E-state index in [4.69, 9.17) is 9.47 Å². The molecule has 0 aliphatic rings. The largest absolute Gasteiger partial charge is 0.465 e. The predicted molar refractivity (Wildman–Crippen MR) is 120 cm³/mol. The van der Waals surface area contributed by atoms with Crippen molar-refractivity contribution in [3.8, 4) is 0 Å². The molecule has 0 aliphatic heterocycles. The van der Waals surface area contributed by atoms with Crippen LogP contribution in [0.15, 0.2) is 72.8 Å². The lowest BCUT2D eigenvalue weighted by Gasteiger charge is -2.09. The molecule has 0 atom stereocenters. The highest BCUT2D eigenvalue weighted by atomic mass is 16.5. The van der Waals surface area contributed by atoms with Crippen LogP contribution in [0.5, 0.6) is 0 Å². The van der Waals surface area contributed by atoms with Gasteiger partial charge in [0.15, 0.2) is 0 Å². The van der Waals surface area contributed by atoms with Crippen LogP contribution < -0.4 is 0 Å². The molecule has 0 spiro atoms. The lowest BCUT2D eigenvalue weighted by molar-refractivity contribution is 0.0592. The van der Waals surface area contributed by atoms with Crippen LogP contribution in [0.1, 0.15) is 31.8 Å². The summed E-state index contributed by atoms with van der Waals surface area (Å²) >= 11 is 0. The van der Waals surface area contributed by atoms with Crippen molar-refractivity contribution in [1.82, 2.24) is 0 Å². The summed E-state index contributed by atoms with van der Waals surface area (Å²) in [7, 11) is 2.76. The summed E-state index contributed by atoms with van der Waals surface area (Å²) in [5.74, 6) is -0.697. The highest BCUT2D eigenvalue weighted by Gasteiger charge is 2.10. The van der Waals surface area contributed by atoms with E-state index in [1.54, 1.807) is 18.2 Å². The summed E-state index contributed by atoms with van der Waals surface area (Å²) < 4.78 is 9.60. The van der Waals surface area contributed by atoms with E-state index in [1.165, 1.54) is 14.2 Å². The number of hydrogen-bond donors (Lipinski definition) is 0. The van der Waals surface area contributed by atoms with Crippen LogP contribution in [0, 0.1) is 0 Å². The van der Waals surface area contributed by atoms with Gasteiger partial charge in [0.2, 0.25) is 0 Å². The Bertz CT molecular complexity index is 1280. The number of methoxy groups -OCH3 is 2. The van der Waals surface area contributed by atoms with Crippen molar-refractivity contribution < 1.29 is 19.1 Å². The fourth-order valence-electron chi connectivity index (χ4n) is 3.55. The first-order valence-corrected chi connectivity index (χ1v) is 9.51. The summed E-state index contributed by atoms with van der Waals surface area (Å²) in [6, 6.07) is 23.1. The maximum absolute atomic E-state index is 11.9. The molecule has 30 heavy (non-hydrogen) atoms. The number of carbonyl (C=O) groups excluding carboxylic acids is 2. The lowest BCUT2D eigenvalue weighted by atomic mass is 9.95. The Morgan fingerprint density at radius 1 is 0.667 bits per heavy atom. The Labute approximate surface area is 174 Å². The molecule has 0 unspecified atom stereocenters. The van der Waals surface area contributed by atoms with E-state index in [1.807, 2.05) is 42.5 Å². The molecule has 0 bridgehead atoms. The molecule has 4 heteroatoms. The molecule has 0 amide bonds. The third-order valence-electron chi connectivity index (χ3n) is 5.10. The van der Waals surface area contributed by atoms with Gasteiger partial charge >= 0.3 is 11.9 Å². The van der Waals surface area contributed by atoms with Gasteiger partial charge in [-0.25, -0.2) is 9.59 Å². The molecular weight excluding hydrogens is 376 g/mol. The van der Waals surface area contributed by atoms with Crippen LogP contribution in [0.2, 0.25) is 0 Å². The van der Waals surface area contributed by atoms with E-state index >= 15 is 0 Å². The minimum absolute atomic E-state index is 0.347. The van der Waals surface area contributed by atoms with Crippen LogP contribution in [-0.2, 0) is 9.47 Å². The van der Waals surface area contributed by atoms with Gasteiger partial charge in [-0.05, 0) is 63.0 Å². The monoisotopic (exact) mass is 396 g/mol. The van der Waals surface area contributed by atoms with Crippen molar-refractivity contribution in [1.29, 1.82) is 0 Å². The van der Waals surface area contributed by atoms with Gasteiger partial charge in [0.1, 0.15) is 0 Å². The number of hydrogen-bond acceptors (Lipinski definition) is 4. The minimum Gasteiger partial charge on any atom is -0.465 e. The predicted octanol–water partition coefficient (Wildman–Crippen LogP) is 5.74. The van der Waals surface area contributed by atoms with E-state index in [2.05, 4.69) is 24.3 Å². The highest BCUT2D eigenvalue weighted by molar-refractivity contribution is 6.13. The van der Waals surface area contributed by atoms with Crippen LogP contribution >= 0.6 is 0 Å². The van der Waals surface area contributed by atoms with Gasteiger partial charge in [-0.1, -0.05) is 54.6 Å². The SMILES string of the molecule is COC(=O)c1ccc(/C=C/c2cc3ccc(C(=O)OC)cc3c3ccccc23)cc1. The van der Waals surface area contributed by atoms with Crippen molar-refractivity contribution in [2.45, 2.75) is 0 Å². The van der Waals surface area contributed by atoms with E-state index in [0.717, 1.165) is 32.7 Å². The summed E-state index contributed by atoms with van der Waals surface area (Å²) in [6.45, 7) is 0. The molecular formula is C26H20O4. The zero-order chi connectivity index (χ0) is 21.1. The van der Waals surface area contributed by atoms with Crippen LogP contribution in [0.3, 0.4) is 0 Å². The second-order valence-corrected chi connectivity index (χ2v) is 6.89. The van der Waals surface area contributed by atoms with Crippen LogP contribution in [0.25, 0.3) is 33.7 Å². The minimum atomic E-state index is -0.350. The standard InChI is InChI=1S/C26H20O4/c1-29-25(27)18-10-7-17(8-11-18)9-12-19-15-20-13-14-21(26(28)30-2)16-24(20)23-6-4-3-5-22(19)23/h3-16H,1-2H3/b12-9+. The zero-order valence-electron chi connectivity index (χ0n) is 16.7. The van der Waals surface area contributed by atoms with Gasteiger partial charge in [-0.2, -0.15) is 0 Å². The van der Waals surface area contributed by atoms with Gasteiger partial charge in [-0.15, -0.1) is 0 Å².